The van der Waals surface area contributed by atoms with Crippen LogP contribution in [0.5, 0.6) is 5.75 Å². The van der Waals surface area contributed by atoms with Gasteiger partial charge >= 0.3 is 0 Å². The lowest BCUT2D eigenvalue weighted by Crippen LogP contribution is -2.48. The Kier molecular flexibility index (Phi) is 8.56. The zero-order valence-electron chi connectivity index (χ0n) is 19.0. The number of benzene rings is 3. The summed E-state index contributed by atoms with van der Waals surface area (Å²) in [4.78, 5) is 25.6. The number of methoxy groups -OCH3 is 1. The van der Waals surface area contributed by atoms with Gasteiger partial charge in [0.05, 0.1) is 7.11 Å². The minimum Gasteiger partial charge on any atom is -0.497 e. The molecule has 34 heavy (non-hydrogen) atoms. The molecule has 0 spiro atoms. The zero-order chi connectivity index (χ0) is 24.5. The van der Waals surface area contributed by atoms with Crippen LogP contribution in [0.4, 0.5) is 14.5 Å². The number of halogens is 2. The van der Waals surface area contributed by atoms with Crippen LogP contribution in [0.1, 0.15) is 21.5 Å². The van der Waals surface area contributed by atoms with Crippen molar-refractivity contribution in [2.24, 2.45) is 0 Å². The topological polar surface area (TPSA) is 79.5 Å². The summed E-state index contributed by atoms with van der Waals surface area (Å²) in [6, 6.07) is 16.8. The SMILES string of the molecule is COc1ccc(NCCNC(=O)C(Cc2ccc(F)c(F)c2)NC(=O)c2cccc(C)c2)cc1. The molecule has 0 fully saturated rings. The fourth-order valence-electron chi connectivity index (χ4n) is 3.36. The highest BCUT2D eigenvalue weighted by Crippen LogP contribution is 2.15. The minimum absolute atomic E-state index is 0.00645. The minimum atomic E-state index is -1.01. The summed E-state index contributed by atoms with van der Waals surface area (Å²) in [7, 11) is 1.59. The van der Waals surface area contributed by atoms with Gasteiger partial charge in [0.2, 0.25) is 5.91 Å². The van der Waals surface area contributed by atoms with E-state index in [9.17, 15) is 18.4 Å². The summed E-state index contributed by atoms with van der Waals surface area (Å²) in [5, 5.41) is 8.67. The number of hydrogen-bond acceptors (Lipinski definition) is 4. The van der Waals surface area contributed by atoms with Gasteiger partial charge < -0.3 is 20.7 Å². The summed E-state index contributed by atoms with van der Waals surface area (Å²) in [5.41, 5.74) is 2.56. The maximum atomic E-state index is 13.7. The molecule has 1 unspecified atom stereocenters. The van der Waals surface area contributed by atoms with E-state index in [1.807, 2.05) is 37.3 Å². The molecule has 8 heteroatoms. The predicted molar refractivity (Wildman–Crippen MR) is 127 cm³/mol. The third-order valence-electron chi connectivity index (χ3n) is 5.17. The molecule has 0 aromatic heterocycles. The van der Waals surface area contributed by atoms with Gasteiger partial charge in [-0.3, -0.25) is 9.59 Å². The second-order valence-electron chi connectivity index (χ2n) is 7.79. The van der Waals surface area contributed by atoms with Crippen molar-refractivity contribution in [3.05, 3.63) is 95.1 Å². The lowest BCUT2D eigenvalue weighted by atomic mass is 10.0. The zero-order valence-corrected chi connectivity index (χ0v) is 19.0. The van der Waals surface area contributed by atoms with E-state index in [4.69, 9.17) is 4.74 Å². The van der Waals surface area contributed by atoms with Gasteiger partial charge in [0.15, 0.2) is 11.6 Å². The van der Waals surface area contributed by atoms with Crippen LogP contribution in [0.15, 0.2) is 66.7 Å². The number of amides is 2. The van der Waals surface area contributed by atoms with Crippen LogP contribution in [0.25, 0.3) is 0 Å². The van der Waals surface area contributed by atoms with Gasteiger partial charge in [-0.15, -0.1) is 0 Å². The summed E-state index contributed by atoms with van der Waals surface area (Å²) in [5.74, 6) is -2.10. The van der Waals surface area contributed by atoms with E-state index in [1.165, 1.54) is 6.07 Å². The molecule has 178 valence electrons. The van der Waals surface area contributed by atoms with E-state index >= 15 is 0 Å². The van der Waals surface area contributed by atoms with Crippen LogP contribution in [0.2, 0.25) is 0 Å². The summed E-state index contributed by atoms with van der Waals surface area (Å²) in [6.45, 7) is 2.60. The highest BCUT2D eigenvalue weighted by molar-refractivity contribution is 5.97. The second-order valence-corrected chi connectivity index (χ2v) is 7.79. The van der Waals surface area contributed by atoms with Crippen LogP contribution >= 0.6 is 0 Å². The highest BCUT2D eigenvalue weighted by atomic mass is 19.2. The number of hydrogen-bond donors (Lipinski definition) is 3. The van der Waals surface area contributed by atoms with Gasteiger partial charge in [-0.2, -0.15) is 0 Å². The van der Waals surface area contributed by atoms with Gasteiger partial charge in [0, 0.05) is 30.8 Å². The first kappa shape index (κ1) is 24.7. The van der Waals surface area contributed by atoms with Crippen LogP contribution in [0.3, 0.4) is 0 Å². The Labute approximate surface area is 197 Å². The quantitative estimate of drug-likeness (QED) is 0.396. The highest BCUT2D eigenvalue weighted by Gasteiger charge is 2.22. The van der Waals surface area contributed by atoms with Gasteiger partial charge in [-0.1, -0.05) is 23.8 Å². The maximum Gasteiger partial charge on any atom is 0.251 e. The maximum absolute atomic E-state index is 13.7. The van der Waals surface area contributed by atoms with E-state index in [-0.39, 0.29) is 6.42 Å². The fourth-order valence-corrected chi connectivity index (χ4v) is 3.36. The van der Waals surface area contributed by atoms with Gasteiger partial charge in [0.25, 0.3) is 5.91 Å². The summed E-state index contributed by atoms with van der Waals surface area (Å²) in [6.07, 6.45) is 0.00645. The van der Waals surface area contributed by atoms with E-state index in [0.717, 1.165) is 29.1 Å². The number of carbonyl (C=O) groups is 2. The first-order valence-corrected chi connectivity index (χ1v) is 10.8. The van der Waals surface area contributed by atoms with Crippen molar-refractivity contribution in [3.8, 4) is 5.75 Å². The molecular weight excluding hydrogens is 440 g/mol. The molecule has 0 saturated carbocycles. The fraction of sp³-hybridized carbons (Fsp3) is 0.231. The molecule has 0 aliphatic rings. The number of ether oxygens (including phenoxy) is 1. The average Bonchev–Trinajstić information content (AvgIpc) is 2.84. The molecule has 3 aromatic rings. The Balaban J connectivity index is 1.63. The van der Waals surface area contributed by atoms with E-state index in [0.29, 0.717) is 24.2 Å². The lowest BCUT2D eigenvalue weighted by Gasteiger charge is -2.19. The van der Waals surface area contributed by atoms with Crippen molar-refractivity contribution in [3.63, 3.8) is 0 Å². The first-order valence-electron chi connectivity index (χ1n) is 10.8. The van der Waals surface area contributed by atoms with Gasteiger partial charge in [0.1, 0.15) is 11.8 Å². The second kappa shape index (κ2) is 11.8. The van der Waals surface area contributed by atoms with E-state index in [2.05, 4.69) is 16.0 Å². The molecule has 3 aromatic carbocycles. The molecule has 0 heterocycles. The smallest absolute Gasteiger partial charge is 0.251 e. The lowest BCUT2D eigenvalue weighted by molar-refractivity contribution is -0.122. The molecule has 3 N–H and O–H groups in total. The number of nitrogens with one attached hydrogen (secondary N) is 3. The Morgan fingerprint density at radius 3 is 2.38 bits per heavy atom. The van der Waals surface area contributed by atoms with Crippen LogP contribution in [-0.2, 0) is 11.2 Å². The number of aryl methyl sites for hydroxylation is 1. The molecular formula is C26H27F2N3O3. The Hall–Kier alpha value is -3.94. The molecule has 0 aliphatic heterocycles. The summed E-state index contributed by atoms with van der Waals surface area (Å²) >= 11 is 0. The Bertz CT molecular complexity index is 1140. The standard InChI is InChI=1S/C26H27F2N3O3/c1-17-4-3-5-19(14-17)25(32)31-24(16-18-6-11-22(27)23(28)15-18)26(33)30-13-12-29-20-7-9-21(34-2)10-8-20/h3-11,14-15,24,29H,12-13,16H2,1-2H3,(H,30,33)(H,31,32). The van der Waals surface area contributed by atoms with Gasteiger partial charge in [-0.05, 0) is 61.0 Å². The van der Waals surface area contributed by atoms with Crippen molar-refractivity contribution in [1.29, 1.82) is 0 Å². The van der Waals surface area contributed by atoms with Crippen molar-refractivity contribution in [2.75, 3.05) is 25.5 Å². The number of anilines is 1. The molecule has 0 aliphatic carbocycles. The van der Waals surface area contributed by atoms with Crippen LogP contribution in [0, 0.1) is 18.6 Å². The third kappa shape index (κ3) is 7.03. The molecule has 2 amide bonds. The Morgan fingerprint density at radius 2 is 1.71 bits per heavy atom. The Morgan fingerprint density at radius 1 is 0.941 bits per heavy atom. The monoisotopic (exact) mass is 467 g/mol. The summed E-state index contributed by atoms with van der Waals surface area (Å²) < 4.78 is 32.1. The molecule has 0 radical (unpaired) electrons. The molecule has 1 atom stereocenters. The first-order chi connectivity index (χ1) is 16.4. The van der Waals surface area contributed by atoms with Crippen LogP contribution < -0.4 is 20.7 Å². The molecule has 0 bridgehead atoms. The largest absolute Gasteiger partial charge is 0.497 e. The van der Waals surface area contributed by atoms with Crippen molar-refractivity contribution in [2.45, 2.75) is 19.4 Å². The molecule has 0 saturated heterocycles. The third-order valence-corrected chi connectivity index (χ3v) is 5.17. The van der Waals surface area contributed by atoms with Gasteiger partial charge in [-0.25, -0.2) is 8.78 Å². The average molecular weight is 468 g/mol. The number of carbonyl (C=O) groups excluding carboxylic acids is 2. The normalized spacial score (nSPS) is 11.4. The van der Waals surface area contributed by atoms with Crippen molar-refractivity contribution >= 4 is 17.5 Å². The molecule has 3 rings (SSSR count). The van der Waals surface area contributed by atoms with Crippen molar-refractivity contribution in [1.82, 2.24) is 10.6 Å². The van der Waals surface area contributed by atoms with Crippen LogP contribution in [-0.4, -0.2) is 38.1 Å². The van der Waals surface area contributed by atoms with E-state index < -0.39 is 29.5 Å². The van der Waals surface area contributed by atoms with Crippen molar-refractivity contribution < 1.29 is 23.1 Å². The molecule has 6 nitrogen and oxygen atoms in total. The number of rotatable bonds is 10. The predicted octanol–water partition coefficient (Wildman–Crippen LogP) is 3.85. The van der Waals surface area contributed by atoms with E-state index in [1.54, 1.807) is 25.3 Å².